The third-order valence-electron chi connectivity index (χ3n) is 4.67. The molecule has 0 saturated carbocycles. The van der Waals surface area contributed by atoms with Gasteiger partial charge in [-0.3, -0.25) is 9.69 Å². The summed E-state index contributed by atoms with van der Waals surface area (Å²) in [4.78, 5) is 28.0. The van der Waals surface area contributed by atoms with Gasteiger partial charge in [-0.15, -0.1) is 0 Å². The molecule has 124 valence electrons. The van der Waals surface area contributed by atoms with Crippen molar-refractivity contribution in [3.8, 4) is 0 Å². The lowest BCUT2D eigenvalue weighted by Gasteiger charge is -2.31. The van der Waals surface area contributed by atoms with Crippen molar-refractivity contribution in [1.82, 2.24) is 4.90 Å². The Morgan fingerprint density at radius 2 is 2.08 bits per heavy atom. The molecule has 0 N–H and O–H groups in total. The van der Waals surface area contributed by atoms with E-state index in [1.54, 1.807) is 17.9 Å². The van der Waals surface area contributed by atoms with Gasteiger partial charge in [0, 0.05) is 13.1 Å². The predicted molar refractivity (Wildman–Crippen MR) is 87.0 cm³/mol. The van der Waals surface area contributed by atoms with Gasteiger partial charge in [0.2, 0.25) is 0 Å². The van der Waals surface area contributed by atoms with Gasteiger partial charge in [0.25, 0.3) is 5.91 Å². The number of rotatable bonds is 2. The van der Waals surface area contributed by atoms with E-state index in [2.05, 4.69) is 0 Å². The molecule has 6 nitrogen and oxygen atoms in total. The van der Waals surface area contributed by atoms with Crippen LogP contribution in [0.4, 0.5) is 10.5 Å². The zero-order valence-corrected chi connectivity index (χ0v) is 13.4. The molecule has 0 radical (unpaired) electrons. The summed E-state index contributed by atoms with van der Waals surface area (Å²) >= 11 is 0. The van der Waals surface area contributed by atoms with Crippen molar-refractivity contribution in [3.63, 3.8) is 0 Å². The minimum Gasteiger partial charge on any atom is -0.469 e. The van der Waals surface area contributed by atoms with Crippen LogP contribution < -0.4 is 4.90 Å². The SMILES string of the molecule is Cc1occc1C(=O)N1CCc2c(cccc2N2CCOC2=O)C1. The number of amides is 2. The van der Waals surface area contributed by atoms with Crippen molar-refractivity contribution in [2.24, 2.45) is 0 Å². The van der Waals surface area contributed by atoms with Gasteiger partial charge in [-0.05, 0) is 36.6 Å². The first-order valence-electron chi connectivity index (χ1n) is 8.03. The highest BCUT2D eigenvalue weighted by molar-refractivity contribution is 5.95. The van der Waals surface area contributed by atoms with Crippen LogP contribution in [-0.4, -0.2) is 36.6 Å². The molecule has 24 heavy (non-hydrogen) atoms. The van der Waals surface area contributed by atoms with Gasteiger partial charge < -0.3 is 14.1 Å². The third-order valence-corrected chi connectivity index (χ3v) is 4.67. The van der Waals surface area contributed by atoms with E-state index in [4.69, 9.17) is 9.15 Å². The van der Waals surface area contributed by atoms with Crippen molar-refractivity contribution >= 4 is 17.7 Å². The number of furan rings is 1. The number of benzene rings is 1. The van der Waals surface area contributed by atoms with Gasteiger partial charge in [0.1, 0.15) is 12.4 Å². The summed E-state index contributed by atoms with van der Waals surface area (Å²) in [5.41, 5.74) is 3.72. The molecule has 2 aliphatic heterocycles. The van der Waals surface area contributed by atoms with Crippen LogP contribution in [0.1, 0.15) is 27.2 Å². The van der Waals surface area contributed by atoms with Gasteiger partial charge in [0.15, 0.2) is 0 Å². The van der Waals surface area contributed by atoms with Crippen molar-refractivity contribution < 1.29 is 18.7 Å². The lowest BCUT2D eigenvalue weighted by molar-refractivity contribution is 0.0733. The number of nitrogens with zero attached hydrogens (tertiary/aromatic N) is 2. The van der Waals surface area contributed by atoms with E-state index in [0.29, 0.717) is 37.6 Å². The van der Waals surface area contributed by atoms with Crippen molar-refractivity contribution in [2.45, 2.75) is 19.9 Å². The van der Waals surface area contributed by atoms with Crippen LogP contribution in [0.15, 0.2) is 34.9 Å². The second-order valence-electron chi connectivity index (χ2n) is 6.05. The molecule has 6 heteroatoms. The Bertz CT molecular complexity index is 811. The molecule has 1 saturated heterocycles. The van der Waals surface area contributed by atoms with Crippen molar-refractivity contribution in [1.29, 1.82) is 0 Å². The number of cyclic esters (lactones) is 1. The Hall–Kier alpha value is -2.76. The molecule has 2 aliphatic rings. The van der Waals surface area contributed by atoms with Crippen LogP contribution in [-0.2, 0) is 17.7 Å². The number of aryl methyl sites for hydroxylation is 1. The number of anilines is 1. The molecular weight excluding hydrogens is 308 g/mol. The fourth-order valence-corrected chi connectivity index (χ4v) is 3.40. The summed E-state index contributed by atoms with van der Waals surface area (Å²) in [6.07, 6.45) is 1.96. The smallest absolute Gasteiger partial charge is 0.414 e. The van der Waals surface area contributed by atoms with Crippen LogP contribution in [0.5, 0.6) is 0 Å². The Balaban J connectivity index is 1.61. The predicted octanol–water partition coefficient (Wildman–Crippen LogP) is 2.74. The Labute approximate surface area is 139 Å². The van der Waals surface area contributed by atoms with E-state index in [1.165, 1.54) is 6.26 Å². The monoisotopic (exact) mass is 326 g/mol. The van der Waals surface area contributed by atoms with E-state index in [-0.39, 0.29) is 12.0 Å². The molecule has 0 aliphatic carbocycles. The lowest BCUT2D eigenvalue weighted by atomic mass is 9.96. The fraction of sp³-hybridized carbons (Fsp3) is 0.333. The first-order chi connectivity index (χ1) is 11.6. The third kappa shape index (κ3) is 2.35. The van der Waals surface area contributed by atoms with Gasteiger partial charge in [-0.25, -0.2) is 4.79 Å². The molecule has 0 spiro atoms. The summed E-state index contributed by atoms with van der Waals surface area (Å²) in [5, 5.41) is 0. The average Bonchev–Trinajstić information content (AvgIpc) is 3.21. The minimum atomic E-state index is -0.295. The molecule has 0 bridgehead atoms. The molecule has 1 aromatic carbocycles. The number of fused-ring (bicyclic) bond motifs is 1. The van der Waals surface area contributed by atoms with Gasteiger partial charge in [0.05, 0.1) is 24.1 Å². The van der Waals surface area contributed by atoms with Crippen LogP contribution >= 0.6 is 0 Å². The summed E-state index contributed by atoms with van der Waals surface area (Å²) in [6, 6.07) is 7.60. The van der Waals surface area contributed by atoms with Gasteiger partial charge in [-0.1, -0.05) is 12.1 Å². The quantitative estimate of drug-likeness (QED) is 0.851. The number of carbonyl (C=O) groups excluding carboxylic acids is 2. The molecule has 2 aromatic rings. The fourth-order valence-electron chi connectivity index (χ4n) is 3.40. The Morgan fingerprint density at radius 3 is 2.79 bits per heavy atom. The highest BCUT2D eigenvalue weighted by Crippen LogP contribution is 2.31. The number of ether oxygens (including phenoxy) is 1. The van der Waals surface area contributed by atoms with Gasteiger partial charge >= 0.3 is 6.09 Å². The maximum absolute atomic E-state index is 12.7. The molecular formula is C18H18N2O4. The van der Waals surface area contributed by atoms with E-state index >= 15 is 0 Å². The molecule has 4 rings (SSSR count). The molecule has 0 atom stereocenters. The number of hydrogen-bond donors (Lipinski definition) is 0. The van der Waals surface area contributed by atoms with Crippen LogP contribution in [0.2, 0.25) is 0 Å². The molecule has 2 amide bonds. The highest BCUT2D eigenvalue weighted by atomic mass is 16.6. The highest BCUT2D eigenvalue weighted by Gasteiger charge is 2.30. The molecule has 1 fully saturated rings. The average molecular weight is 326 g/mol. The lowest BCUT2D eigenvalue weighted by Crippen LogP contribution is -2.37. The standard InChI is InChI=1S/C18H18N2O4/c1-12-14(6-9-23-12)17(21)19-7-5-15-13(11-19)3-2-4-16(15)20-8-10-24-18(20)22/h2-4,6,9H,5,7-8,10-11H2,1H3. The summed E-state index contributed by atoms with van der Waals surface area (Å²) in [5.74, 6) is 0.622. The molecule has 0 unspecified atom stereocenters. The maximum Gasteiger partial charge on any atom is 0.414 e. The zero-order valence-electron chi connectivity index (χ0n) is 13.4. The van der Waals surface area contributed by atoms with Crippen molar-refractivity contribution in [3.05, 3.63) is 53.0 Å². The second-order valence-corrected chi connectivity index (χ2v) is 6.05. The van der Waals surface area contributed by atoms with Gasteiger partial charge in [-0.2, -0.15) is 0 Å². The van der Waals surface area contributed by atoms with Crippen molar-refractivity contribution in [2.75, 3.05) is 24.6 Å². The first-order valence-corrected chi connectivity index (χ1v) is 8.03. The summed E-state index contributed by atoms with van der Waals surface area (Å²) in [7, 11) is 0. The van der Waals surface area contributed by atoms with Crippen LogP contribution in [0.3, 0.4) is 0 Å². The number of carbonyl (C=O) groups is 2. The van der Waals surface area contributed by atoms with E-state index < -0.39 is 0 Å². The topological polar surface area (TPSA) is 63.0 Å². The van der Waals surface area contributed by atoms with E-state index in [1.807, 2.05) is 23.1 Å². The summed E-state index contributed by atoms with van der Waals surface area (Å²) in [6.45, 7) is 3.95. The zero-order chi connectivity index (χ0) is 16.7. The summed E-state index contributed by atoms with van der Waals surface area (Å²) < 4.78 is 10.3. The molecule has 1 aromatic heterocycles. The number of hydrogen-bond acceptors (Lipinski definition) is 4. The second kappa shape index (κ2) is 5.70. The van der Waals surface area contributed by atoms with Crippen LogP contribution in [0.25, 0.3) is 0 Å². The van der Waals surface area contributed by atoms with E-state index in [0.717, 1.165) is 23.2 Å². The normalized spacial score (nSPS) is 17.0. The molecule has 3 heterocycles. The Kier molecular flexibility index (Phi) is 3.52. The maximum atomic E-state index is 12.7. The van der Waals surface area contributed by atoms with Crippen LogP contribution in [0, 0.1) is 6.92 Å². The Morgan fingerprint density at radius 1 is 1.21 bits per heavy atom. The first kappa shape index (κ1) is 14.8. The largest absolute Gasteiger partial charge is 0.469 e. The van der Waals surface area contributed by atoms with E-state index in [9.17, 15) is 9.59 Å². The minimum absolute atomic E-state index is 0.0158.